The number of benzene rings is 3. The van der Waals surface area contributed by atoms with Crippen molar-refractivity contribution in [2.45, 2.75) is 0 Å². The Morgan fingerprint density at radius 3 is 2.52 bits per heavy atom. The van der Waals surface area contributed by atoms with E-state index >= 15 is 0 Å². The summed E-state index contributed by atoms with van der Waals surface area (Å²) in [5.74, 6) is 0.989. The van der Waals surface area contributed by atoms with E-state index in [2.05, 4.69) is 4.99 Å². The van der Waals surface area contributed by atoms with E-state index in [1.807, 2.05) is 60.7 Å². The lowest BCUT2D eigenvalue weighted by atomic mass is 10.0. The minimum Gasteiger partial charge on any atom is -0.457 e. The Hall–Kier alpha value is -3.63. The van der Waals surface area contributed by atoms with Gasteiger partial charge in [0.15, 0.2) is 5.70 Å². The lowest BCUT2D eigenvalue weighted by Crippen LogP contribution is -2.05. The summed E-state index contributed by atoms with van der Waals surface area (Å²) in [5.41, 5.74) is 1.87. The van der Waals surface area contributed by atoms with Gasteiger partial charge in [-0.25, -0.2) is 9.79 Å². The third-order valence-corrected chi connectivity index (χ3v) is 4.93. The predicted molar refractivity (Wildman–Crippen MR) is 114 cm³/mol. The molecular formula is C24H14ClNO3. The van der Waals surface area contributed by atoms with Gasteiger partial charge in [0, 0.05) is 22.2 Å². The lowest BCUT2D eigenvalue weighted by Gasteiger charge is -2.04. The first kappa shape index (κ1) is 17.5. The van der Waals surface area contributed by atoms with Crippen molar-refractivity contribution in [1.29, 1.82) is 0 Å². The predicted octanol–water partition coefficient (Wildman–Crippen LogP) is 6.10. The topological polar surface area (TPSA) is 51.8 Å². The maximum Gasteiger partial charge on any atom is 0.363 e. The van der Waals surface area contributed by atoms with Crippen molar-refractivity contribution < 1.29 is 13.9 Å². The number of cyclic esters (lactones) is 1. The molecule has 0 atom stereocenters. The molecule has 29 heavy (non-hydrogen) atoms. The van der Waals surface area contributed by atoms with Gasteiger partial charge in [-0.3, -0.25) is 0 Å². The number of aliphatic imine (C=N–C) groups is 1. The quantitative estimate of drug-likeness (QED) is 0.309. The van der Waals surface area contributed by atoms with Gasteiger partial charge in [-0.1, -0.05) is 48.0 Å². The molecule has 4 aromatic rings. The van der Waals surface area contributed by atoms with E-state index in [1.54, 1.807) is 24.3 Å². The van der Waals surface area contributed by atoms with E-state index in [-0.39, 0.29) is 5.70 Å². The molecule has 0 fully saturated rings. The summed E-state index contributed by atoms with van der Waals surface area (Å²) >= 11 is 5.93. The highest BCUT2D eigenvalue weighted by Crippen LogP contribution is 2.27. The van der Waals surface area contributed by atoms with E-state index in [1.165, 1.54) is 0 Å². The van der Waals surface area contributed by atoms with Crippen molar-refractivity contribution in [3.05, 3.63) is 101 Å². The summed E-state index contributed by atoms with van der Waals surface area (Å²) < 4.78 is 11.3. The van der Waals surface area contributed by atoms with Crippen molar-refractivity contribution in [2.24, 2.45) is 4.99 Å². The molecule has 0 unspecified atom stereocenters. The van der Waals surface area contributed by atoms with Crippen molar-refractivity contribution in [3.63, 3.8) is 0 Å². The zero-order valence-corrected chi connectivity index (χ0v) is 15.9. The Bertz CT molecular complexity index is 1290. The zero-order chi connectivity index (χ0) is 19.8. The van der Waals surface area contributed by atoms with Crippen LogP contribution >= 0.6 is 11.6 Å². The molecule has 0 spiro atoms. The summed E-state index contributed by atoms with van der Waals surface area (Å²) in [6.45, 7) is 0. The van der Waals surface area contributed by atoms with Gasteiger partial charge in [0.1, 0.15) is 11.5 Å². The van der Waals surface area contributed by atoms with Crippen LogP contribution in [0.2, 0.25) is 5.02 Å². The van der Waals surface area contributed by atoms with Gasteiger partial charge in [0.25, 0.3) is 0 Å². The lowest BCUT2D eigenvalue weighted by molar-refractivity contribution is -0.129. The second-order valence-corrected chi connectivity index (χ2v) is 7.01. The van der Waals surface area contributed by atoms with E-state index in [0.717, 1.165) is 21.9 Å². The molecule has 5 heteroatoms. The average molecular weight is 400 g/mol. The second kappa shape index (κ2) is 7.08. The molecule has 0 radical (unpaired) electrons. The molecule has 0 bridgehead atoms. The highest BCUT2D eigenvalue weighted by atomic mass is 35.5. The van der Waals surface area contributed by atoms with Gasteiger partial charge in [0.05, 0.1) is 0 Å². The number of furan rings is 1. The van der Waals surface area contributed by atoms with Crippen molar-refractivity contribution in [2.75, 3.05) is 0 Å². The van der Waals surface area contributed by atoms with E-state index in [9.17, 15) is 4.79 Å². The van der Waals surface area contributed by atoms with Crippen LogP contribution in [0.3, 0.4) is 0 Å². The number of halogens is 1. The van der Waals surface area contributed by atoms with Crippen molar-refractivity contribution in [3.8, 4) is 11.3 Å². The van der Waals surface area contributed by atoms with Gasteiger partial charge >= 0.3 is 5.97 Å². The number of hydrogen-bond acceptors (Lipinski definition) is 4. The summed E-state index contributed by atoms with van der Waals surface area (Å²) in [5, 5.41) is 2.69. The summed E-state index contributed by atoms with van der Waals surface area (Å²) in [4.78, 5) is 16.8. The first-order chi connectivity index (χ1) is 14.2. The first-order valence-electron chi connectivity index (χ1n) is 9.04. The molecule has 4 nitrogen and oxygen atoms in total. The van der Waals surface area contributed by atoms with Gasteiger partial charge in [-0.15, -0.1) is 0 Å². The number of carbonyl (C=O) groups is 1. The maximum atomic E-state index is 12.4. The Labute approximate surface area is 171 Å². The van der Waals surface area contributed by atoms with Crippen LogP contribution in [0.4, 0.5) is 0 Å². The molecule has 1 aliphatic heterocycles. The number of nitrogens with zero attached hydrogens (tertiary/aromatic N) is 1. The van der Waals surface area contributed by atoms with Crippen molar-refractivity contribution in [1.82, 2.24) is 0 Å². The third-order valence-electron chi connectivity index (χ3n) is 4.68. The normalized spacial score (nSPS) is 15.0. The fourth-order valence-corrected chi connectivity index (χ4v) is 3.40. The van der Waals surface area contributed by atoms with Gasteiger partial charge in [-0.05, 0) is 53.2 Å². The molecule has 0 amide bonds. The highest BCUT2D eigenvalue weighted by molar-refractivity contribution is 6.30. The van der Waals surface area contributed by atoms with Crippen LogP contribution in [-0.2, 0) is 9.53 Å². The molecule has 140 valence electrons. The van der Waals surface area contributed by atoms with Gasteiger partial charge < -0.3 is 9.15 Å². The Morgan fingerprint density at radius 1 is 0.862 bits per heavy atom. The van der Waals surface area contributed by atoms with E-state index in [0.29, 0.717) is 22.4 Å². The van der Waals surface area contributed by atoms with Crippen LogP contribution < -0.4 is 0 Å². The molecule has 1 aliphatic rings. The SMILES string of the molecule is O=C1OC(c2cccc3ccccc23)=NC1=Cc1ccc(-c2ccc(Cl)cc2)o1. The second-order valence-electron chi connectivity index (χ2n) is 6.57. The smallest absolute Gasteiger partial charge is 0.363 e. The minimum absolute atomic E-state index is 0.199. The average Bonchev–Trinajstić information content (AvgIpc) is 3.35. The van der Waals surface area contributed by atoms with Crippen LogP contribution in [-0.4, -0.2) is 11.9 Å². The van der Waals surface area contributed by atoms with Crippen LogP contribution in [0.1, 0.15) is 11.3 Å². The van der Waals surface area contributed by atoms with E-state index in [4.69, 9.17) is 20.8 Å². The first-order valence-corrected chi connectivity index (χ1v) is 9.42. The van der Waals surface area contributed by atoms with Crippen LogP contribution in [0, 0.1) is 0 Å². The molecule has 3 aromatic carbocycles. The van der Waals surface area contributed by atoms with Gasteiger partial charge in [0.2, 0.25) is 5.90 Å². The molecule has 2 heterocycles. The summed E-state index contributed by atoms with van der Waals surface area (Å²) in [6, 6.07) is 24.7. The van der Waals surface area contributed by atoms with Crippen LogP contribution in [0.15, 0.2) is 94.0 Å². The third kappa shape index (κ3) is 3.35. The molecule has 5 rings (SSSR count). The molecule has 1 aromatic heterocycles. The standard InChI is InChI=1S/C24H14ClNO3/c25-17-10-8-16(9-11-17)22-13-12-18(28-22)14-21-24(27)29-23(26-21)20-7-3-5-15-4-1-2-6-19(15)20/h1-14H. The Morgan fingerprint density at radius 2 is 1.66 bits per heavy atom. The monoisotopic (exact) mass is 399 g/mol. The number of esters is 1. The molecular weight excluding hydrogens is 386 g/mol. The van der Waals surface area contributed by atoms with Crippen LogP contribution in [0.5, 0.6) is 0 Å². The number of ether oxygens (including phenoxy) is 1. The summed E-state index contributed by atoms with van der Waals surface area (Å²) in [7, 11) is 0. The zero-order valence-electron chi connectivity index (χ0n) is 15.1. The van der Waals surface area contributed by atoms with E-state index < -0.39 is 5.97 Å². The summed E-state index contributed by atoms with van der Waals surface area (Å²) in [6.07, 6.45) is 1.58. The molecule has 0 saturated carbocycles. The number of carbonyl (C=O) groups excluding carboxylic acids is 1. The number of rotatable bonds is 3. The van der Waals surface area contributed by atoms with Gasteiger partial charge in [-0.2, -0.15) is 0 Å². The fraction of sp³-hybridized carbons (Fsp3) is 0. The molecule has 0 aliphatic carbocycles. The number of fused-ring (bicyclic) bond motifs is 1. The number of hydrogen-bond donors (Lipinski definition) is 0. The maximum absolute atomic E-state index is 12.4. The van der Waals surface area contributed by atoms with Crippen LogP contribution in [0.25, 0.3) is 28.2 Å². The fourth-order valence-electron chi connectivity index (χ4n) is 3.27. The minimum atomic E-state index is -0.502. The highest BCUT2D eigenvalue weighted by Gasteiger charge is 2.25. The Balaban J connectivity index is 1.49. The molecule has 0 saturated heterocycles. The Kier molecular flexibility index (Phi) is 4.26. The molecule has 0 N–H and O–H groups in total. The van der Waals surface area contributed by atoms with Crippen molar-refractivity contribution >= 4 is 40.3 Å². The largest absolute Gasteiger partial charge is 0.457 e.